The third-order valence-electron chi connectivity index (χ3n) is 3.05. The highest BCUT2D eigenvalue weighted by Gasteiger charge is 2.21. The van der Waals surface area contributed by atoms with Crippen LogP contribution in [0.15, 0.2) is 47.4 Å². The van der Waals surface area contributed by atoms with Crippen LogP contribution in [0, 0.1) is 12.7 Å². The summed E-state index contributed by atoms with van der Waals surface area (Å²) in [4.78, 5) is -0.491. The Morgan fingerprint density at radius 2 is 1.90 bits per heavy atom. The summed E-state index contributed by atoms with van der Waals surface area (Å²) in [5, 5.41) is 0. The topological polar surface area (TPSA) is 72.2 Å². The van der Waals surface area contributed by atoms with Crippen LogP contribution in [0.3, 0.4) is 0 Å². The number of rotatable bonds is 5. The van der Waals surface area contributed by atoms with Gasteiger partial charge < -0.3 is 5.73 Å². The fraction of sp³-hybridized carbons (Fsp3) is 0.200. The number of benzene rings is 2. The number of nitrogens with two attached hydrogens (primary N) is 1. The summed E-state index contributed by atoms with van der Waals surface area (Å²) in [6.45, 7) is 2.15. The Bertz CT molecular complexity index is 725. The first-order valence-electron chi connectivity index (χ1n) is 6.49. The first kappa shape index (κ1) is 15.5. The lowest BCUT2D eigenvalue weighted by atomic mass is 10.1. The fourth-order valence-electron chi connectivity index (χ4n) is 2.08. The highest BCUT2D eigenvalue weighted by atomic mass is 32.2. The number of aryl methyl sites for hydroxylation is 1. The van der Waals surface area contributed by atoms with Gasteiger partial charge in [0.2, 0.25) is 10.0 Å². The second-order valence-electron chi connectivity index (χ2n) is 4.80. The summed E-state index contributed by atoms with van der Waals surface area (Å²) in [5.41, 5.74) is 7.57. The predicted molar refractivity (Wildman–Crippen MR) is 80.9 cm³/mol. The molecule has 112 valence electrons. The molecule has 3 N–H and O–H groups in total. The first-order valence-corrected chi connectivity index (χ1v) is 7.97. The molecule has 2 rings (SSSR count). The minimum absolute atomic E-state index is 0.0990. The smallest absolute Gasteiger partial charge is 0.245 e. The summed E-state index contributed by atoms with van der Waals surface area (Å²) >= 11 is 0. The van der Waals surface area contributed by atoms with Crippen LogP contribution in [0.2, 0.25) is 0 Å². The van der Waals surface area contributed by atoms with Crippen LogP contribution in [0.25, 0.3) is 0 Å². The molecular weight excluding hydrogens is 291 g/mol. The summed E-state index contributed by atoms with van der Waals surface area (Å²) in [6, 6.07) is 11.6. The lowest BCUT2D eigenvalue weighted by molar-refractivity contribution is 0.558. The number of nitrogen functional groups attached to an aromatic ring is 1. The van der Waals surface area contributed by atoms with Crippen molar-refractivity contribution in [2.24, 2.45) is 0 Å². The molecule has 6 heteroatoms. The third-order valence-corrected chi connectivity index (χ3v) is 4.61. The second kappa shape index (κ2) is 6.24. The molecule has 0 saturated heterocycles. The van der Waals surface area contributed by atoms with Gasteiger partial charge in [-0.2, -0.15) is 0 Å². The largest absolute Gasteiger partial charge is 0.398 e. The van der Waals surface area contributed by atoms with E-state index in [-0.39, 0.29) is 12.2 Å². The van der Waals surface area contributed by atoms with E-state index >= 15 is 0 Å². The maximum absolute atomic E-state index is 13.7. The molecule has 0 aromatic heterocycles. The van der Waals surface area contributed by atoms with Crippen LogP contribution < -0.4 is 10.5 Å². The van der Waals surface area contributed by atoms with Crippen LogP contribution >= 0.6 is 0 Å². The molecule has 0 amide bonds. The van der Waals surface area contributed by atoms with Gasteiger partial charge in [0.25, 0.3) is 0 Å². The molecular formula is C15H17FN2O2S. The second-order valence-corrected chi connectivity index (χ2v) is 6.50. The summed E-state index contributed by atoms with van der Waals surface area (Å²) in [6.07, 6.45) is 0.523. The normalized spacial score (nSPS) is 11.5. The molecule has 0 heterocycles. The molecule has 0 spiro atoms. The van der Waals surface area contributed by atoms with Crippen molar-refractivity contribution >= 4 is 15.7 Å². The predicted octanol–water partition coefficient (Wildman–Crippen LogP) is 2.24. The number of hydrogen-bond acceptors (Lipinski definition) is 3. The standard InChI is InChI=1S/C15H17FN2O2S/c1-11-4-2-5-12(10-11)8-9-18-21(19,20)15-13(16)6-3-7-14(15)17/h2-7,10,18H,8-9,17H2,1H3. The van der Waals surface area contributed by atoms with Gasteiger partial charge in [-0.05, 0) is 31.0 Å². The average molecular weight is 308 g/mol. The number of halogens is 1. The van der Waals surface area contributed by atoms with Crippen LogP contribution in [-0.4, -0.2) is 15.0 Å². The van der Waals surface area contributed by atoms with Crippen molar-refractivity contribution in [3.63, 3.8) is 0 Å². The summed E-state index contributed by atoms with van der Waals surface area (Å²) in [5.74, 6) is -0.849. The number of hydrogen-bond donors (Lipinski definition) is 2. The van der Waals surface area contributed by atoms with E-state index in [0.717, 1.165) is 17.2 Å². The summed E-state index contributed by atoms with van der Waals surface area (Å²) < 4.78 is 40.2. The van der Waals surface area contributed by atoms with Crippen molar-refractivity contribution in [2.75, 3.05) is 12.3 Å². The molecule has 2 aromatic rings. The van der Waals surface area contributed by atoms with Gasteiger partial charge in [-0.1, -0.05) is 35.9 Å². The van der Waals surface area contributed by atoms with Crippen molar-refractivity contribution in [3.05, 3.63) is 59.4 Å². The van der Waals surface area contributed by atoms with Gasteiger partial charge in [0.05, 0.1) is 5.69 Å². The monoisotopic (exact) mass is 308 g/mol. The van der Waals surface area contributed by atoms with E-state index in [2.05, 4.69) is 4.72 Å². The zero-order chi connectivity index (χ0) is 15.5. The van der Waals surface area contributed by atoms with E-state index < -0.39 is 20.7 Å². The molecule has 0 aliphatic carbocycles. The lowest BCUT2D eigenvalue weighted by Gasteiger charge is -2.10. The van der Waals surface area contributed by atoms with Gasteiger partial charge >= 0.3 is 0 Å². The molecule has 0 atom stereocenters. The molecule has 4 nitrogen and oxygen atoms in total. The maximum Gasteiger partial charge on any atom is 0.245 e. The van der Waals surface area contributed by atoms with Crippen LogP contribution in [-0.2, 0) is 16.4 Å². The Kier molecular flexibility index (Phi) is 4.59. The van der Waals surface area contributed by atoms with Crippen LogP contribution in [0.1, 0.15) is 11.1 Å². The zero-order valence-electron chi connectivity index (χ0n) is 11.6. The van der Waals surface area contributed by atoms with E-state index in [9.17, 15) is 12.8 Å². The van der Waals surface area contributed by atoms with Gasteiger partial charge in [0.1, 0.15) is 10.7 Å². The maximum atomic E-state index is 13.7. The highest BCUT2D eigenvalue weighted by Crippen LogP contribution is 2.21. The Labute approximate surface area is 123 Å². The van der Waals surface area contributed by atoms with Crippen molar-refractivity contribution in [3.8, 4) is 0 Å². The molecule has 2 aromatic carbocycles. The average Bonchev–Trinajstić information content (AvgIpc) is 2.38. The zero-order valence-corrected chi connectivity index (χ0v) is 12.5. The van der Waals surface area contributed by atoms with Gasteiger partial charge in [0, 0.05) is 6.54 Å². The molecule has 0 fully saturated rings. The van der Waals surface area contributed by atoms with Crippen molar-refractivity contribution < 1.29 is 12.8 Å². The van der Waals surface area contributed by atoms with Gasteiger partial charge in [-0.3, -0.25) is 0 Å². The Balaban J connectivity index is 2.09. The minimum atomic E-state index is -3.95. The van der Waals surface area contributed by atoms with Gasteiger partial charge in [0.15, 0.2) is 0 Å². The van der Waals surface area contributed by atoms with Gasteiger partial charge in [-0.15, -0.1) is 0 Å². The van der Waals surface area contributed by atoms with Crippen molar-refractivity contribution in [1.29, 1.82) is 0 Å². The molecule has 0 unspecified atom stereocenters. The number of anilines is 1. The van der Waals surface area contributed by atoms with E-state index in [1.54, 1.807) is 0 Å². The minimum Gasteiger partial charge on any atom is -0.398 e. The van der Waals surface area contributed by atoms with Crippen LogP contribution in [0.5, 0.6) is 0 Å². The molecule has 0 radical (unpaired) electrons. The molecule has 0 aliphatic heterocycles. The van der Waals surface area contributed by atoms with E-state index in [1.165, 1.54) is 12.1 Å². The van der Waals surface area contributed by atoms with E-state index in [0.29, 0.717) is 6.42 Å². The van der Waals surface area contributed by atoms with Crippen molar-refractivity contribution in [2.45, 2.75) is 18.2 Å². The van der Waals surface area contributed by atoms with E-state index in [1.807, 2.05) is 31.2 Å². The molecule has 21 heavy (non-hydrogen) atoms. The first-order chi connectivity index (χ1) is 9.90. The van der Waals surface area contributed by atoms with Crippen LogP contribution in [0.4, 0.5) is 10.1 Å². The SMILES string of the molecule is Cc1cccc(CCNS(=O)(=O)c2c(N)cccc2F)c1. The Hall–Kier alpha value is -1.92. The fourth-order valence-corrected chi connectivity index (χ4v) is 3.30. The highest BCUT2D eigenvalue weighted by molar-refractivity contribution is 7.89. The number of sulfonamides is 1. The quantitative estimate of drug-likeness (QED) is 0.832. The molecule has 0 saturated carbocycles. The Morgan fingerprint density at radius 3 is 2.57 bits per heavy atom. The summed E-state index contributed by atoms with van der Waals surface area (Å²) in [7, 11) is -3.95. The third kappa shape index (κ3) is 3.80. The van der Waals surface area contributed by atoms with Gasteiger partial charge in [-0.25, -0.2) is 17.5 Å². The number of nitrogens with one attached hydrogen (secondary N) is 1. The lowest BCUT2D eigenvalue weighted by Crippen LogP contribution is -2.27. The van der Waals surface area contributed by atoms with Crippen molar-refractivity contribution in [1.82, 2.24) is 4.72 Å². The van der Waals surface area contributed by atoms with E-state index in [4.69, 9.17) is 5.73 Å². The molecule has 0 bridgehead atoms. The molecule has 0 aliphatic rings. The Morgan fingerprint density at radius 1 is 1.19 bits per heavy atom.